The molecule has 5 atom stereocenters. The number of nitrogens with zero attached hydrogens (tertiary/aromatic N) is 1. The van der Waals surface area contributed by atoms with Crippen molar-refractivity contribution in [3.63, 3.8) is 0 Å². The molecular formula is C21H26N2O8. The summed E-state index contributed by atoms with van der Waals surface area (Å²) < 4.78 is 27.9. The lowest BCUT2D eigenvalue weighted by molar-refractivity contribution is -0.159. The minimum atomic E-state index is -1.38. The van der Waals surface area contributed by atoms with Crippen molar-refractivity contribution in [3.05, 3.63) is 23.8 Å². The lowest BCUT2D eigenvalue weighted by Crippen LogP contribution is -2.54. The molecule has 3 aliphatic rings. The van der Waals surface area contributed by atoms with Crippen molar-refractivity contribution in [2.24, 2.45) is 0 Å². The summed E-state index contributed by atoms with van der Waals surface area (Å²) in [4.78, 5) is 38.1. The number of amides is 2. The summed E-state index contributed by atoms with van der Waals surface area (Å²) in [5.74, 6) is 0.788. The Kier molecular flexibility index (Phi) is 5.76. The summed E-state index contributed by atoms with van der Waals surface area (Å²) in [6.07, 6.45) is -1.12. The molecule has 0 saturated carbocycles. The van der Waals surface area contributed by atoms with Gasteiger partial charge in [-0.3, -0.25) is 4.79 Å². The molecule has 10 heteroatoms. The van der Waals surface area contributed by atoms with Crippen LogP contribution in [0.1, 0.15) is 18.4 Å². The van der Waals surface area contributed by atoms with E-state index in [2.05, 4.69) is 5.32 Å². The zero-order valence-corrected chi connectivity index (χ0v) is 17.7. The van der Waals surface area contributed by atoms with Crippen LogP contribution in [-0.2, 0) is 30.3 Å². The Morgan fingerprint density at radius 1 is 1.32 bits per heavy atom. The fraction of sp³-hybridized carbons (Fsp3) is 0.571. The Hall–Kier alpha value is -2.85. The minimum Gasteiger partial charge on any atom is -0.497 e. The highest BCUT2D eigenvalue weighted by Gasteiger charge is 2.60. The molecule has 1 aromatic rings. The first-order chi connectivity index (χ1) is 14.9. The van der Waals surface area contributed by atoms with Crippen molar-refractivity contribution in [1.29, 1.82) is 0 Å². The molecule has 0 radical (unpaired) electrons. The van der Waals surface area contributed by atoms with Gasteiger partial charge in [0, 0.05) is 38.1 Å². The normalized spacial score (nSPS) is 31.5. The fourth-order valence-electron chi connectivity index (χ4n) is 4.54. The molecule has 3 heterocycles. The maximum atomic E-state index is 13.2. The van der Waals surface area contributed by atoms with Crippen LogP contribution in [0.15, 0.2) is 18.2 Å². The highest BCUT2D eigenvalue weighted by Crippen LogP contribution is 2.42. The number of carbonyl (C=O) groups is 3. The first kappa shape index (κ1) is 21.4. The maximum absolute atomic E-state index is 13.2. The standard InChI is InChI=1S/C21H26N2O8/c1-23-17-16(30-20(23)26)11-29-15-9-21(6-7-24,31-18(15)17)19(25)22-10-12-4-5-13(27-2)8-14(12)28-3/h4-5,7-8,15-18H,6,9-11H2,1-3H3,(H,22,25)/t15-,16-,17-,18+,21-/m1/s1. The van der Waals surface area contributed by atoms with Crippen LogP contribution in [0, 0.1) is 0 Å². The lowest BCUT2D eigenvalue weighted by atomic mass is 9.90. The number of nitrogens with one attached hydrogen (secondary N) is 1. The van der Waals surface area contributed by atoms with Gasteiger partial charge in [-0.1, -0.05) is 0 Å². The molecule has 3 fully saturated rings. The SMILES string of the molecule is COc1ccc(CNC(=O)[C@@]2(CC=O)C[C@H]3OC[C@H]4OC(=O)N(C)[C@H]4[C@H]3O2)c(OC)c1. The summed E-state index contributed by atoms with van der Waals surface area (Å²) in [6.45, 7) is 0.410. The molecule has 0 aliphatic carbocycles. The third-order valence-electron chi connectivity index (χ3n) is 6.20. The number of aldehydes is 1. The molecule has 0 unspecified atom stereocenters. The smallest absolute Gasteiger partial charge is 0.410 e. The number of hydrogen-bond acceptors (Lipinski definition) is 8. The number of hydrogen-bond donors (Lipinski definition) is 1. The van der Waals surface area contributed by atoms with Crippen molar-refractivity contribution in [3.8, 4) is 11.5 Å². The topological polar surface area (TPSA) is 113 Å². The Morgan fingerprint density at radius 3 is 2.84 bits per heavy atom. The van der Waals surface area contributed by atoms with E-state index in [0.717, 1.165) is 5.56 Å². The van der Waals surface area contributed by atoms with Gasteiger partial charge in [0.15, 0.2) is 5.60 Å². The van der Waals surface area contributed by atoms with E-state index in [9.17, 15) is 14.4 Å². The molecule has 10 nitrogen and oxygen atoms in total. The van der Waals surface area contributed by atoms with Crippen LogP contribution in [0.3, 0.4) is 0 Å². The predicted octanol–water partition coefficient (Wildman–Crippen LogP) is 0.655. The summed E-state index contributed by atoms with van der Waals surface area (Å²) >= 11 is 0. The quantitative estimate of drug-likeness (QED) is 0.623. The molecule has 1 aromatic carbocycles. The van der Waals surface area contributed by atoms with E-state index >= 15 is 0 Å². The second kappa shape index (κ2) is 8.35. The van der Waals surface area contributed by atoms with E-state index in [4.69, 9.17) is 23.7 Å². The third-order valence-corrected chi connectivity index (χ3v) is 6.20. The van der Waals surface area contributed by atoms with Crippen LogP contribution in [0.4, 0.5) is 4.79 Å². The fourth-order valence-corrected chi connectivity index (χ4v) is 4.54. The molecule has 3 aliphatic heterocycles. The van der Waals surface area contributed by atoms with Crippen molar-refractivity contribution in [1.82, 2.24) is 10.2 Å². The van der Waals surface area contributed by atoms with Gasteiger partial charge in [-0.15, -0.1) is 0 Å². The second-order valence-electron chi connectivity index (χ2n) is 7.91. The largest absolute Gasteiger partial charge is 0.497 e. The number of fused-ring (bicyclic) bond motifs is 3. The van der Waals surface area contributed by atoms with Crippen LogP contribution in [-0.4, -0.2) is 81.0 Å². The van der Waals surface area contributed by atoms with Crippen LogP contribution >= 0.6 is 0 Å². The minimum absolute atomic E-state index is 0.120. The molecular weight excluding hydrogens is 408 g/mol. The van der Waals surface area contributed by atoms with E-state index < -0.39 is 35.9 Å². The van der Waals surface area contributed by atoms with Crippen molar-refractivity contribution in [2.75, 3.05) is 27.9 Å². The van der Waals surface area contributed by atoms with Gasteiger partial charge in [0.1, 0.15) is 36.0 Å². The number of rotatable bonds is 7. The molecule has 2 amide bonds. The van der Waals surface area contributed by atoms with Gasteiger partial charge in [-0.2, -0.15) is 0 Å². The van der Waals surface area contributed by atoms with Gasteiger partial charge in [-0.05, 0) is 12.1 Å². The average Bonchev–Trinajstić information content (AvgIpc) is 3.29. The summed E-state index contributed by atoms with van der Waals surface area (Å²) in [5.41, 5.74) is -0.628. The highest BCUT2D eigenvalue weighted by molar-refractivity contribution is 5.88. The van der Waals surface area contributed by atoms with E-state index in [0.29, 0.717) is 17.8 Å². The molecule has 168 valence electrons. The van der Waals surface area contributed by atoms with Crippen LogP contribution in [0.25, 0.3) is 0 Å². The van der Waals surface area contributed by atoms with Crippen LogP contribution in [0.2, 0.25) is 0 Å². The number of carbonyl (C=O) groups excluding carboxylic acids is 3. The molecule has 4 rings (SSSR count). The highest BCUT2D eigenvalue weighted by atomic mass is 16.6. The van der Waals surface area contributed by atoms with E-state index in [1.807, 2.05) is 0 Å². The summed E-state index contributed by atoms with van der Waals surface area (Å²) in [6, 6.07) is 4.93. The monoisotopic (exact) mass is 434 g/mol. The molecule has 1 N–H and O–H groups in total. The zero-order valence-electron chi connectivity index (χ0n) is 17.7. The molecule has 31 heavy (non-hydrogen) atoms. The van der Waals surface area contributed by atoms with Crippen LogP contribution < -0.4 is 14.8 Å². The second-order valence-corrected chi connectivity index (χ2v) is 7.91. The number of methoxy groups -OCH3 is 2. The Bertz CT molecular complexity index is 877. The summed E-state index contributed by atoms with van der Waals surface area (Å²) in [5, 5.41) is 2.86. The van der Waals surface area contributed by atoms with Gasteiger partial charge < -0.3 is 38.7 Å². The van der Waals surface area contributed by atoms with Gasteiger partial charge in [0.2, 0.25) is 0 Å². The Balaban J connectivity index is 1.51. The van der Waals surface area contributed by atoms with Gasteiger partial charge in [0.25, 0.3) is 5.91 Å². The predicted molar refractivity (Wildman–Crippen MR) is 106 cm³/mol. The van der Waals surface area contributed by atoms with Crippen molar-refractivity contribution in [2.45, 2.75) is 49.3 Å². The molecule has 0 spiro atoms. The van der Waals surface area contributed by atoms with Gasteiger partial charge >= 0.3 is 6.09 Å². The van der Waals surface area contributed by atoms with Crippen molar-refractivity contribution < 1.29 is 38.1 Å². The van der Waals surface area contributed by atoms with E-state index in [1.54, 1.807) is 32.4 Å². The Morgan fingerprint density at radius 2 is 2.13 bits per heavy atom. The Labute approximate surface area is 179 Å². The molecule has 3 saturated heterocycles. The molecule has 0 bridgehead atoms. The summed E-state index contributed by atoms with van der Waals surface area (Å²) in [7, 11) is 4.73. The van der Waals surface area contributed by atoms with Crippen molar-refractivity contribution >= 4 is 18.3 Å². The zero-order chi connectivity index (χ0) is 22.2. The first-order valence-corrected chi connectivity index (χ1v) is 10.1. The number of ether oxygens (including phenoxy) is 5. The number of likely N-dealkylation sites (N-methyl/N-ethyl adjacent to an activating group) is 1. The van der Waals surface area contributed by atoms with Crippen LogP contribution in [0.5, 0.6) is 11.5 Å². The van der Waals surface area contributed by atoms with Gasteiger partial charge in [0.05, 0.1) is 26.9 Å². The first-order valence-electron chi connectivity index (χ1n) is 10.1. The molecule has 0 aromatic heterocycles. The lowest BCUT2D eigenvalue weighted by Gasteiger charge is -2.35. The van der Waals surface area contributed by atoms with E-state index in [1.165, 1.54) is 12.0 Å². The maximum Gasteiger partial charge on any atom is 0.410 e. The number of benzene rings is 1. The van der Waals surface area contributed by atoms with Gasteiger partial charge in [-0.25, -0.2) is 4.79 Å². The average molecular weight is 434 g/mol. The van der Waals surface area contributed by atoms with E-state index in [-0.39, 0.29) is 32.0 Å². The third kappa shape index (κ3) is 3.70.